The molecule has 0 saturated carbocycles. The molecule has 0 atom stereocenters. The van der Waals surface area contributed by atoms with E-state index < -0.39 is 0 Å². The van der Waals surface area contributed by atoms with Crippen LogP contribution < -0.4 is 10.1 Å². The molecule has 1 N–H and O–H groups in total. The molecule has 0 saturated heterocycles. The van der Waals surface area contributed by atoms with Crippen LogP contribution in [0.5, 0.6) is 5.75 Å². The molecule has 0 fully saturated rings. The Balaban J connectivity index is 1.58. The van der Waals surface area contributed by atoms with Gasteiger partial charge in [0.25, 0.3) is 0 Å². The quantitative estimate of drug-likeness (QED) is 0.742. The molecule has 0 radical (unpaired) electrons. The Hall–Kier alpha value is -2.73. The normalized spacial score (nSPS) is 10.4. The molecule has 0 aliphatic heterocycles. The summed E-state index contributed by atoms with van der Waals surface area (Å²) in [4.78, 5) is 20.6. The molecule has 6 heteroatoms. The molecular weight excluding hydrogens is 322 g/mol. The van der Waals surface area contributed by atoms with E-state index in [0.29, 0.717) is 18.0 Å². The van der Waals surface area contributed by atoms with Crippen molar-refractivity contribution in [3.8, 4) is 17.0 Å². The van der Waals surface area contributed by atoms with Gasteiger partial charge in [-0.2, -0.15) is 0 Å². The molecule has 0 spiro atoms. The van der Waals surface area contributed by atoms with Crippen molar-refractivity contribution < 1.29 is 9.53 Å². The minimum absolute atomic E-state index is 0.0620. The highest BCUT2D eigenvalue weighted by Gasteiger charge is 2.10. The third-order valence-corrected chi connectivity index (χ3v) is 4.28. The summed E-state index contributed by atoms with van der Waals surface area (Å²) in [6, 6.07) is 11.5. The number of aryl methyl sites for hydroxylation is 1. The SMILES string of the molecule is COc1ccccc1CCC(=O)Nc1nc(-c2cccnc2)cs1. The molecule has 2 aromatic heterocycles. The zero-order valence-electron chi connectivity index (χ0n) is 13.2. The van der Waals surface area contributed by atoms with Crippen molar-refractivity contribution in [3.63, 3.8) is 0 Å². The number of carbonyl (C=O) groups excluding carboxylic acids is 1. The lowest BCUT2D eigenvalue weighted by Crippen LogP contribution is -2.12. The zero-order valence-corrected chi connectivity index (χ0v) is 14.0. The second-order valence-corrected chi connectivity index (χ2v) is 6.00. The van der Waals surface area contributed by atoms with Crippen LogP contribution in [0, 0.1) is 0 Å². The van der Waals surface area contributed by atoms with Crippen molar-refractivity contribution in [1.29, 1.82) is 0 Å². The van der Waals surface area contributed by atoms with Crippen molar-refractivity contribution in [3.05, 3.63) is 59.7 Å². The van der Waals surface area contributed by atoms with Crippen LogP contribution in [0.2, 0.25) is 0 Å². The number of methoxy groups -OCH3 is 1. The van der Waals surface area contributed by atoms with E-state index in [1.54, 1.807) is 19.5 Å². The summed E-state index contributed by atoms with van der Waals surface area (Å²) in [6.07, 6.45) is 4.47. The van der Waals surface area contributed by atoms with Crippen molar-refractivity contribution >= 4 is 22.4 Å². The highest BCUT2D eigenvalue weighted by molar-refractivity contribution is 7.14. The molecule has 0 bridgehead atoms. The number of amides is 1. The summed E-state index contributed by atoms with van der Waals surface area (Å²) >= 11 is 1.41. The number of carbonyl (C=O) groups is 1. The summed E-state index contributed by atoms with van der Waals surface area (Å²) in [7, 11) is 1.63. The van der Waals surface area contributed by atoms with Crippen LogP contribution in [0.1, 0.15) is 12.0 Å². The number of thiazole rings is 1. The number of hydrogen-bond donors (Lipinski definition) is 1. The molecule has 5 nitrogen and oxygen atoms in total. The number of aromatic nitrogens is 2. The minimum Gasteiger partial charge on any atom is -0.496 e. The largest absolute Gasteiger partial charge is 0.496 e. The fourth-order valence-electron chi connectivity index (χ4n) is 2.32. The van der Waals surface area contributed by atoms with E-state index in [2.05, 4.69) is 15.3 Å². The predicted octanol–water partition coefficient (Wildman–Crippen LogP) is 3.79. The summed E-state index contributed by atoms with van der Waals surface area (Å²) in [5.74, 6) is 0.742. The first-order valence-corrected chi connectivity index (χ1v) is 8.42. The Morgan fingerprint density at radius 1 is 1.25 bits per heavy atom. The van der Waals surface area contributed by atoms with Gasteiger partial charge >= 0.3 is 0 Å². The third kappa shape index (κ3) is 3.97. The van der Waals surface area contributed by atoms with E-state index in [0.717, 1.165) is 22.6 Å². The van der Waals surface area contributed by atoms with E-state index >= 15 is 0 Å². The van der Waals surface area contributed by atoms with Crippen LogP contribution in [-0.4, -0.2) is 23.0 Å². The van der Waals surface area contributed by atoms with Crippen LogP contribution in [0.15, 0.2) is 54.2 Å². The number of hydrogen-bond acceptors (Lipinski definition) is 5. The molecule has 2 heterocycles. The Bertz CT molecular complexity index is 818. The van der Waals surface area contributed by atoms with Gasteiger partial charge < -0.3 is 10.1 Å². The molecular formula is C18H17N3O2S. The standard InChI is InChI=1S/C18H17N3O2S/c1-23-16-7-3-2-5-13(16)8-9-17(22)21-18-20-15(12-24-18)14-6-4-10-19-11-14/h2-7,10-12H,8-9H2,1H3,(H,20,21,22). The lowest BCUT2D eigenvalue weighted by molar-refractivity contribution is -0.116. The number of rotatable bonds is 6. The van der Waals surface area contributed by atoms with Gasteiger partial charge in [0.05, 0.1) is 12.8 Å². The van der Waals surface area contributed by atoms with E-state index in [1.165, 1.54) is 11.3 Å². The first kappa shape index (κ1) is 16.1. The van der Waals surface area contributed by atoms with E-state index in [1.807, 2.05) is 41.8 Å². The van der Waals surface area contributed by atoms with Gasteiger partial charge in [0.2, 0.25) is 5.91 Å². The van der Waals surface area contributed by atoms with E-state index in [9.17, 15) is 4.79 Å². The Labute approximate surface area is 144 Å². The fourth-order valence-corrected chi connectivity index (χ4v) is 3.05. The maximum atomic E-state index is 12.1. The van der Waals surface area contributed by atoms with Crippen LogP contribution in [0.4, 0.5) is 5.13 Å². The van der Waals surface area contributed by atoms with E-state index in [4.69, 9.17) is 4.74 Å². The van der Waals surface area contributed by atoms with Crippen molar-refractivity contribution in [2.24, 2.45) is 0 Å². The van der Waals surface area contributed by atoms with Crippen molar-refractivity contribution in [2.45, 2.75) is 12.8 Å². The lowest BCUT2D eigenvalue weighted by atomic mass is 10.1. The van der Waals surface area contributed by atoms with Crippen molar-refractivity contribution in [2.75, 3.05) is 12.4 Å². The summed E-state index contributed by atoms with van der Waals surface area (Å²) in [6.45, 7) is 0. The first-order valence-electron chi connectivity index (χ1n) is 7.54. The molecule has 24 heavy (non-hydrogen) atoms. The first-order chi connectivity index (χ1) is 11.8. The average molecular weight is 339 g/mol. The van der Waals surface area contributed by atoms with E-state index in [-0.39, 0.29) is 5.91 Å². The number of para-hydroxylation sites is 1. The number of pyridine rings is 1. The molecule has 0 aliphatic carbocycles. The van der Waals surface area contributed by atoms with Crippen LogP contribution in [0.3, 0.4) is 0 Å². The Morgan fingerprint density at radius 3 is 2.92 bits per heavy atom. The monoisotopic (exact) mass is 339 g/mol. The second-order valence-electron chi connectivity index (χ2n) is 5.14. The molecule has 1 aromatic carbocycles. The van der Waals surface area contributed by atoms with Gasteiger partial charge in [-0.1, -0.05) is 18.2 Å². The maximum Gasteiger partial charge on any atom is 0.226 e. The van der Waals surface area contributed by atoms with Gasteiger partial charge in [-0.15, -0.1) is 11.3 Å². The summed E-state index contributed by atoms with van der Waals surface area (Å²) in [5, 5.41) is 5.35. The smallest absolute Gasteiger partial charge is 0.226 e. The van der Waals surface area contributed by atoms with Gasteiger partial charge in [-0.05, 0) is 30.2 Å². The summed E-state index contributed by atoms with van der Waals surface area (Å²) < 4.78 is 5.30. The predicted molar refractivity (Wildman–Crippen MR) is 95.3 cm³/mol. The third-order valence-electron chi connectivity index (χ3n) is 3.52. The number of anilines is 1. The molecule has 122 valence electrons. The van der Waals surface area contributed by atoms with Gasteiger partial charge in [0.1, 0.15) is 5.75 Å². The second kappa shape index (κ2) is 7.70. The van der Waals surface area contributed by atoms with Gasteiger partial charge in [0.15, 0.2) is 5.13 Å². The molecule has 3 rings (SSSR count). The Kier molecular flexibility index (Phi) is 5.18. The van der Waals surface area contributed by atoms with Gasteiger partial charge in [-0.3, -0.25) is 9.78 Å². The molecule has 0 aliphatic rings. The van der Waals surface area contributed by atoms with Gasteiger partial charge in [-0.25, -0.2) is 4.98 Å². The molecule has 1 amide bonds. The lowest BCUT2D eigenvalue weighted by Gasteiger charge is -2.07. The van der Waals surface area contributed by atoms with Crippen LogP contribution in [-0.2, 0) is 11.2 Å². The highest BCUT2D eigenvalue weighted by atomic mass is 32.1. The fraction of sp³-hybridized carbons (Fsp3) is 0.167. The number of benzene rings is 1. The van der Waals surface area contributed by atoms with Gasteiger partial charge in [0, 0.05) is 29.8 Å². The van der Waals surface area contributed by atoms with Crippen molar-refractivity contribution in [1.82, 2.24) is 9.97 Å². The zero-order chi connectivity index (χ0) is 16.8. The number of nitrogens with one attached hydrogen (secondary N) is 1. The summed E-state index contributed by atoms with van der Waals surface area (Å²) in [5.41, 5.74) is 2.77. The van der Waals surface area contributed by atoms with Crippen LogP contribution >= 0.6 is 11.3 Å². The minimum atomic E-state index is -0.0620. The van der Waals surface area contributed by atoms with Crippen LogP contribution in [0.25, 0.3) is 11.3 Å². The number of ether oxygens (including phenoxy) is 1. The Morgan fingerprint density at radius 2 is 2.12 bits per heavy atom. The highest BCUT2D eigenvalue weighted by Crippen LogP contribution is 2.24. The maximum absolute atomic E-state index is 12.1. The molecule has 3 aromatic rings. The topological polar surface area (TPSA) is 64.1 Å². The average Bonchev–Trinajstić information content (AvgIpc) is 3.09. The molecule has 0 unspecified atom stereocenters. The number of nitrogens with zero attached hydrogens (tertiary/aromatic N) is 2.